The fourth-order valence-corrected chi connectivity index (χ4v) is 2.90. The van der Waals surface area contributed by atoms with Gasteiger partial charge in [0.2, 0.25) is 5.95 Å². The van der Waals surface area contributed by atoms with Crippen LogP contribution in [0.15, 0.2) is 41.2 Å². The van der Waals surface area contributed by atoms with Crippen molar-refractivity contribution in [3.05, 3.63) is 59.4 Å². The highest BCUT2D eigenvalue weighted by Gasteiger charge is 2.13. The molecule has 4 rings (SSSR count). The first-order valence-electron chi connectivity index (χ1n) is 8.29. The number of pyridine rings is 1. The zero-order chi connectivity index (χ0) is 18.1. The van der Waals surface area contributed by atoms with Crippen LogP contribution in [0.1, 0.15) is 22.7 Å². The third kappa shape index (κ3) is 3.08. The van der Waals surface area contributed by atoms with Crippen molar-refractivity contribution in [3.63, 3.8) is 0 Å². The van der Waals surface area contributed by atoms with E-state index in [1.807, 2.05) is 31.3 Å². The van der Waals surface area contributed by atoms with Crippen LogP contribution in [0.5, 0.6) is 0 Å². The summed E-state index contributed by atoms with van der Waals surface area (Å²) in [6.45, 7) is 5.02. The molecule has 0 saturated carbocycles. The molecule has 0 aliphatic carbocycles. The van der Waals surface area contributed by atoms with E-state index in [1.54, 1.807) is 6.20 Å². The Kier molecular flexibility index (Phi) is 4.00. The lowest BCUT2D eigenvalue weighted by Crippen LogP contribution is -2.09. The number of nitrogens with zero attached hydrogens (tertiary/aromatic N) is 5. The Morgan fingerprint density at radius 1 is 1.23 bits per heavy atom. The molecule has 4 heterocycles. The van der Waals surface area contributed by atoms with Crippen LogP contribution < -0.4 is 11.1 Å². The van der Waals surface area contributed by atoms with Gasteiger partial charge in [-0.3, -0.25) is 4.98 Å². The summed E-state index contributed by atoms with van der Waals surface area (Å²) in [6.07, 6.45) is 3.77. The number of aryl methyl sites for hydroxylation is 2. The zero-order valence-electron chi connectivity index (χ0n) is 14.6. The van der Waals surface area contributed by atoms with Crippen LogP contribution in [0.3, 0.4) is 0 Å². The topological polar surface area (TPSA) is 108 Å². The van der Waals surface area contributed by atoms with Crippen LogP contribution in [0.2, 0.25) is 0 Å². The second-order valence-corrected chi connectivity index (χ2v) is 6.16. The Morgan fingerprint density at radius 3 is 2.88 bits per heavy atom. The highest BCUT2D eigenvalue weighted by molar-refractivity contribution is 5.87. The summed E-state index contributed by atoms with van der Waals surface area (Å²) in [5, 5.41) is 7.28. The predicted octanol–water partition coefficient (Wildman–Crippen LogP) is 2.67. The third-order valence-corrected chi connectivity index (χ3v) is 4.18. The van der Waals surface area contributed by atoms with Gasteiger partial charge >= 0.3 is 0 Å². The monoisotopic (exact) mass is 349 g/mol. The standard InChI is InChI=1S/C18H19N7O/c1-11-4-3-6-20-15(11)10-25-7-5-14-16(25)17(23-18(19)22-14)21-9-13-8-12(2)26-24-13/h3-8H,9-10H2,1-2H3,(H3,19,21,22,23). The summed E-state index contributed by atoms with van der Waals surface area (Å²) in [6, 6.07) is 7.79. The summed E-state index contributed by atoms with van der Waals surface area (Å²) in [4.78, 5) is 13.2. The van der Waals surface area contributed by atoms with Gasteiger partial charge in [-0.2, -0.15) is 4.98 Å². The van der Waals surface area contributed by atoms with Gasteiger partial charge in [-0.05, 0) is 31.5 Å². The molecule has 0 bridgehead atoms. The van der Waals surface area contributed by atoms with E-state index in [2.05, 4.69) is 43.0 Å². The van der Waals surface area contributed by atoms with Crippen molar-refractivity contribution < 1.29 is 4.52 Å². The number of nitrogens with one attached hydrogen (secondary N) is 1. The first kappa shape index (κ1) is 16.1. The number of hydrogen-bond acceptors (Lipinski definition) is 7. The van der Waals surface area contributed by atoms with E-state index in [0.717, 1.165) is 33.7 Å². The molecule has 0 aromatic carbocycles. The second-order valence-electron chi connectivity index (χ2n) is 6.16. The highest BCUT2D eigenvalue weighted by atomic mass is 16.5. The van der Waals surface area contributed by atoms with E-state index in [4.69, 9.17) is 10.3 Å². The van der Waals surface area contributed by atoms with Crippen molar-refractivity contribution >= 4 is 22.8 Å². The molecule has 0 spiro atoms. The zero-order valence-corrected chi connectivity index (χ0v) is 14.6. The molecule has 0 aliphatic heterocycles. The Labute approximate surface area is 150 Å². The van der Waals surface area contributed by atoms with Crippen molar-refractivity contribution in [2.45, 2.75) is 26.9 Å². The van der Waals surface area contributed by atoms with E-state index < -0.39 is 0 Å². The summed E-state index contributed by atoms with van der Waals surface area (Å²) < 4.78 is 7.17. The SMILES string of the molecule is Cc1cc(CNc2nc(N)nc3ccn(Cc4ncccc4C)c23)no1. The van der Waals surface area contributed by atoms with Crippen LogP contribution in [0, 0.1) is 13.8 Å². The molecule has 0 radical (unpaired) electrons. The van der Waals surface area contributed by atoms with Gasteiger partial charge in [0.25, 0.3) is 0 Å². The maximum atomic E-state index is 5.87. The summed E-state index contributed by atoms with van der Waals surface area (Å²) in [7, 11) is 0. The smallest absolute Gasteiger partial charge is 0.222 e. The van der Waals surface area contributed by atoms with E-state index in [-0.39, 0.29) is 5.95 Å². The van der Waals surface area contributed by atoms with Crippen molar-refractivity contribution in [1.29, 1.82) is 0 Å². The Balaban J connectivity index is 1.69. The minimum atomic E-state index is 0.225. The average Bonchev–Trinajstić information content (AvgIpc) is 3.21. The molecular formula is C18H19N7O. The van der Waals surface area contributed by atoms with E-state index in [0.29, 0.717) is 18.9 Å². The quantitative estimate of drug-likeness (QED) is 0.570. The molecule has 0 aliphatic rings. The number of nitrogen functional groups attached to an aromatic ring is 1. The van der Waals surface area contributed by atoms with Crippen LogP contribution in [0.4, 0.5) is 11.8 Å². The number of anilines is 2. The lowest BCUT2D eigenvalue weighted by molar-refractivity contribution is 0.391. The molecule has 0 atom stereocenters. The first-order chi connectivity index (χ1) is 12.6. The van der Waals surface area contributed by atoms with Crippen LogP contribution in [-0.4, -0.2) is 24.7 Å². The van der Waals surface area contributed by atoms with Crippen LogP contribution in [0.25, 0.3) is 11.0 Å². The minimum Gasteiger partial charge on any atom is -0.368 e. The fraction of sp³-hybridized carbons (Fsp3) is 0.222. The molecule has 26 heavy (non-hydrogen) atoms. The predicted molar refractivity (Wildman–Crippen MR) is 98.6 cm³/mol. The fourth-order valence-electron chi connectivity index (χ4n) is 2.90. The molecule has 3 N–H and O–H groups in total. The van der Waals surface area contributed by atoms with E-state index >= 15 is 0 Å². The lowest BCUT2D eigenvalue weighted by Gasteiger charge is -2.11. The summed E-state index contributed by atoms with van der Waals surface area (Å²) in [5.74, 6) is 1.65. The maximum Gasteiger partial charge on any atom is 0.222 e. The Bertz CT molecular complexity index is 1070. The van der Waals surface area contributed by atoms with Gasteiger partial charge in [0, 0.05) is 18.5 Å². The third-order valence-electron chi connectivity index (χ3n) is 4.18. The minimum absolute atomic E-state index is 0.225. The average molecular weight is 349 g/mol. The van der Waals surface area contributed by atoms with Crippen LogP contribution >= 0.6 is 0 Å². The van der Waals surface area contributed by atoms with Gasteiger partial charge in [-0.25, -0.2) is 4.98 Å². The van der Waals surface area contributed by atoms with E-state index in [1.165, 1.54) is 0 Å². The van der Waals surface area contributed by atoms with Gasteiger partial charge in [-0.1, -0.05) is 11.2 Å². The summed E-state index contributed by atoms with van der Waals surface area (Å²) >= 11 is 0. The lowest BCUT2D eigenvalue weighted by atomic mass is 10.2. The molecule has 8 heteroatoms. The van der Waals surface area contributed by atoms with Gasteiger partial charge in [0.1, 0.15) is 17.0 Å². The second kappa shape index (κ2) is 6.47. The van der Waals surface area contributed by atoms with Crippen molar-refractivity contribution in [1.82, 2.24) is 24.7 Å². The normalized spacial score (nSPS) is 11.2. The number of aromatic nitrogens is 5. The van der Waals surface area contributed by atoms with Crippen molar-refractivity contribution in [3.8, 4) is 0 Å². The molecular weight excluding hydrogens is 330 g/mol. The Hall–Kier alpha value is -3.42. The molecule has 8 nitrogen and oxygen atoms in total. The first-order valence-corrected chi connectivity index (χ1v) is 8.29. The molecule has 4 aromatic heterocycles. The van der Waals surface area contributed by atoms with Gasteiger partial charge in [0.05, 0.1) is 24.3 Å². The molecule has 0 saturated heterocycles. The van der Waals surface area contributed by atoms with Crippen molar-refractivity contribution in [2.75, 3.05) is 11.1 Å². The van der Waals surface area contributed by atoms with Crippen molar-refractivity contribution in [2.24, 2.45) is 0 Å². The van der Waals surface area contributed by atoms with Crippen LogP contribution in [-0.2, 0) is 13.1 Å². The molecule has 132 valence electrons. The van der Waals surface area contributed by atoms with Gasteiger partial charge in [-0.15, -0.1) is 0 Å². The van der Waals surface area contributed by atoms with Gasteiger partial charge in [0.15, 0.2) is 5.82 Å². The Morgan fingerprint density at radius 2 is 2.12 bits per heavy atom. The molecule has 0 amide bonds. The number of rotatable bonds is 5. The molecule has 0 fully saturated rings. The number of nitrogens with two attached hydrogens (primary N) is 1. The molecule has 4 aromatic rings. The molecule has 0 unspecified atom stereocenters. The number of hydrogen-bond donors (Lipinski definition) is 2. The van der Waals surface area contributed by atoms with Gasteiger partial charge < -0.3 is 20.1 Å². The van der Waals surface area contributed by atoms with E-state index in [9.17, 15) is 0 Å². The largest absolute Gasteiger partial charge is 0.368 e. The number of fused-ring (bicyclic) bond motifs is 1. The summed E-state index contributed by atoms with van der Waals surface area (Å²) in [5.41, 5.74) is 10.5. The maximum absolute atomic E-state index is 5.87. The highest BCUT2D eigenvalue weighted by Crippen LogP contribution is 2.24.